The summed E-state index contributed by atoms with van der Waals surface area (Å²) in [6, 6.07) is 3.93. The van der Waals surface area contributed by atoms with Crippen molar-refractivity contribution in [3.63, 3.8) is 0 Å². The molecular formula is C15H21NO2. The number of hydrogen-bond acceptors (Lipinski definition) is 3. The molecule has 1 aliphatic rings. The van der Waals surface area contributed by atoms with Crippen LogP contribution in [-0.4, -0.2) is 23.5 Å². The van der Waals surface area contributed by atoms with Gasteiger partial charge in [0.05, 0.1) is 6.10 Å². The Hall–Kier alpha value is -1.22. The Balaban J connectivity index is 1.57. The summed E-state index contributed by atoms with van der Waals surface area (Å²) < 4.78 is 5.54. The van der Waals surface area contributed by atoms with Crippen molar-refractivity contribution in [3.8, 4) is 0 Å². The number of aromatic nitrogens is 1. The Morgan fingerprint density at radius 2 is 2.39 bits per heavy atom. The molecule has 1 saturated heterocycles. The van der Waals surface area contributed by atoms with E-state index in [1.807, 2.05) is 18.3 Å². The number of Topliss-reactive ketones (excluding diaryl/α,β-unsaturated/α-hetero) is 1. The smallest absolute Gasteiger partial charge is 0.133 e. The SMILES string of the molecule is O=C(CCCC1CCCO1)CCc1cccnc1. The van der Waals surface area contributed by atoms with Crippen molar-refractivity contribution in [2.24, 2.45) is 0 Å². The molecule has 0 spiro atoms. The van der Waals surface area contributed by atoms with Crippen LogP contribution >= 0.6 is 0 Å². The standard InChI is InChI=1S/C15H21NO2/c17-14(5-1-6-15-7-3-11-18-15)9-8-13-4-2-10-16-12-13/h2,4,10,12,15H,1,3,5-9,11H2. The molecule has 3 heteroatoms. The molecule has 1 fully saturated rings. The van der Waals surface area contributed by atoms with Crippen LogP contribution < -0.4 is 0 Å². The van der Waals surface area contributed by atoms with Crippen molar-refractivity contribution in [3.05, 3.63) is 30.1 Å². The van der Waals surface area contributed by atoms with E-state index in [0.717, 1.165) is 31.4 Å². The maximum Gasteiger partial charge on any atom is 0.133 e. The van der Waals surface area contributed by atoms with Crippen molar-refractivity contribution in [2.45, 2.75) is 51.0 Å². The van der Waals surface area contributed by atoms with Crippen LogP contribution in [0.25, 0.3) is 0 Å². The van der Waals surface area contributed by atoms with E-state index in [-0.39, 0.29) is 0 Å². The lowest BCUT2D eigenvalue weighted by Crippen LogP contribution is -2.07. The molecular weight excluding hydrogens is 226 g/mol. The normalized spacial score (nSPS) is 19.0. The zero-order valence-corrected chi connectivity index (χ0v) is 10.8. The molecule has 0 radical (unpaired) electrons. The number of rotatable bonds is 7. The predicted octanol–water partition coefficient (Wildman–Crippen LogP) is 2.93. The van der Waals surface area contributed by atoms with Crippen molar-refractivity contribution in [1.82, 2.24) is 4.98 Å². The number of carbonyl (C=O) groups excluding carboxylic acids is 1. The van der Waals surface area contributed by atoms with Crippen LogP contribution in [0.1, 0.15) is 44.1 Å². The predicted molar refractivity (Wildman–Crippen MR) is 70.4 cm³/mol. The van der Waals surface area contributed by atoms with Gasteiger partial charge in [0.2, 0.25) is 0 Å². The summed E-state index contributed by atoms with van der Waals surface area (Å²) in [6.45, 7) is 0.902. The number of ketones is 1. The van der Waals surface area contributed by atoms with Crippen molar-refractivity contribution in [2.75, 3.05) is 6.61 Å². The summed E-state index contributed by atoms with van der Waals surface area (Å²) in [4.78, 5) is 15.8. The Bertz CT molecular complexity index is 358. The first-order chi connectivity index (χ1) is 8.84. The van der Waals surface area contributed by atoms with E-state index in [9.17, 15) is 4.79 Å². The van der Waals surface area contributed by atoms with Gasteiger partial charge in [-0.2, -0.15) is 0 Å². The molecule has 2 rings (SSSR count). The second-order valence-corrected chi connectivity index (χ2v) is 4.93. The summed E-state index contributed by atoms with van der Waals surface area (Å²) in [5, 5.41) is 0. The van der Waals surface area contributed by atoms with Crippen LogP contribution in [0.4, 0.5) is 0 Å². The quantitative estimate of drug-likeness (QED) is 0.743. The monoisotopic (exact) mass is 247 g/mol. The van der Waals surface area contributed by atoms with E-state index in [1.165, 1.54) is 12.8 Å². The summed E-state index contributed by atoms with van der Waals surface area (Å²) in [5.41, 5.74) is 1.14. The zero-order chi connectivity index (χ0) is 12.6. The number of carbonyl (C=O) groups is 1. The minimum absolute atomic E-state index is 0.358. The highest BCUT2D eigenvalue weighted by Crippen LogP contribution is 2.18. The molecule has 0 saturated carbocycles. The van der Waals surface area contributed by atoms with E-state index in [4.69, 9.17) is 4.74 Å². The van der Waals surface area contributed by atoms with E-state index >= 15 is 0 Å². The lowest BCUT2D eigenvalue weighted by molar-refractivity contribution is -0.119. The molecule has 0 bridgehead atoms. The van der Waals surface area contributed by atoms with Crippen LogP contribution in [0.2, 0.25) is 0 Å². The van der Waals surface area contributed by atoms with Crippen LogP contribution in [0.5, 0.6) is 0 Å². The van der Waals surface area contributed by atoms with Gasteiger partial charge in [0, 0.05) is 31.8 Å². The van der Waals surface area contributed by atoms with Gasteiger partial charge in [-0.25, -0.2) is 0 Å². The van der Waals surface area contributed by atoms with Gasteiger partial charge in [-0.15, -0.1) is 0 Å². The summed E-state index contributed by atoms with van der Waals surface area (Å²) in [6.07, 6.45) is 10.5. The summed E-state index contributed by atoms with van der Waals surface area (Å²) >= 11 is 0. The average Bonchev–Trinajstić information content (AvgIpc) is 2.91. The third-order valence-corrected chi connectivity index (χ3v) is 3.42. The van der Waals surface area contributed by atoms with E-state index in [0.29, 0.717) is 24.7 Å². The summed E-state index contributed by atoms with van der Waals surface area (Å²) in [5.74, 6) is 0.358. The first kappa shape index (κ1) is 13.2. The lowest BCUT2D eigenvalue weighted by Gasteiger charge is -2.08. The van der Waals surface area contributed by atoms with Gasteiger partial charge < -0.3 is 4.74 Å². The fourth-order valence-corrected chi connectivity index (χ4v) is 2.35. The first-order valence-electron chi connectivity index (χ1n) is 6.87. The van der Waals surface area contributed by atoms with Crippen LogP contribution in [-0.2, 0) is 16.0 Å². The third-order valence-electron chi connectivity index (χ3n) is 3.42. The molecule has 0 aromatic carbocycles. The molecule has 0 N–H and O–H groups in total. The fourth-order valence-electron chi connectivity index (χ4n) is 2.35. The number of nitrogens with zero attached hydrogens (tertiary/aromatic N) is 1. The highest BCUT2D eigenvalue weighted by molar-refractivity contribution is 5.78. The molecule has 2 heterocycles. The highest BCUT2D eigenvalue weighted by atomic mass is 16.5. The van der Waals surface area contributed by atoms with Gasteiger partial charge >= 0.3 is 0 Å². The second-order valence-electron chi connectivity index (χ2n) is 4.93. The Kier molecular flexibility index (Phi) is 5.34. The number of pyridine rings is 1. The van der Waals surface area contributed by atoms with Crippen molar-refractivity contribution in [1.29, 1.82) is 0 Å². The van der Waals surface area contributed by atoms with Crippen molar-refractivity contribution >= 4 is 5.78 Å². The largest absolute Gasteiger partial charge is 0.378 e. The zero-order valence-electron chi connectivity index (χ0n) is 10.8. The molecule has 1 unspecified atom stereocenters. The van der Waals surface area contributed by atoms with Gasteiger partial charge in [-0.05, 0) is 43.7 Å². The summed E-state index contributed by atoms with van der Waals surface area (Å²) in [7, 11) is 0. The second kappa shape index (κ2) is 7.27. The maximum atomic E-state index is 11.7. The molecule has 0 amide bonds. The molecule has 1 aromatic heterocycles. The topological polar surface area (TPSA) is 39.2 Å². The fraction of sp³-hybridized carbons (Fsp3) is 0.600. The van der Waals surface area contributed by atoms with E-state index in [1.54, 1.807) is 6.20 Å². The third kappa shape index (κ3) is 4.57. The maximum absolute atomic E-state index is 11.7. The minimum atomic E-state index is 0.358. The minimum Gasteiger partial charge on any atom is -0.378 e. The van der Waals surface area contributed by atoms with E-state index < -0.39 is 0 Å². The lowest BCUT2D eigenvalue weighted by atomic mass is 10.0. The molecule has 1 aliphatic heterocycles. The first-order valence-corrected chi connectivity index (χ1v) is 6.87. The molecule has 18 heavy (non-hydrogen) atoms. The Labute approximate surface area is 109 Å². The van der Waals surface area contributed by atoms with E-state index in [2.05, 4.69) is 4.98 Å². The molecule has 0 aliphatic carbocycles. The number of ether oxygens (including phenoxy) is 1. The number of aryl methyl sites for hydroxylation is 1. The van der Waals surface area contributed by atoms with Crippen LogP contribution in [0.3, 0.4) is 0 Å². The molecule has 1 atom stereocenters. The van der Waals surface area contributed by atoms with Gasteiger partial charge in [0.25, 0.3) is 0 Å². The Morgan fingerprint density at radius 3 is 3.11 bits per heavy atom. The molecule has 98 valence electrons. The van der Waals surface area contributed by atoms with Crippen molar-refractivity contribution < 1.29 is 9.53 Å². The van der Waals surface area contributed by atoms with Crippen LogP contribution in [0.15, 0.2) is 24.5 Å². The average molecular weight is 247 g/mol. The Morgan fingerprint density at radius 1 is 1.44 bits per heavy atom. The van der Waals surface area contributed by atoms with Gasteiger partial charge in [-0.3, -0.25) is 9.78 Å². The number of hydrogen-bond donors (Lipinski definition) is 0. The molecule has 3 nitrogen and oxygen atoms in total. The van der Waals surface area contributed by atoms with Gasteiger partial charge in [0.1, 0.15) is 5.78 Å². The highest BCUT2D eigenvalue weighted by Gasteiger charge is 2.15. The molecule has 1 aromatic rings. The van der Waals surface area contributed by atoms with Gasteiger partial charge in [-0.1, -0.05) is 6.07 Å². The van der Waals surface area contributed by atoms with Crippen LogP contribution in [0, 0.1) is 0 Å². The van der Waals surface area contributed by atoms with Gasteiger partial charge in [0.15, 0.2) is 0 Å².